The Balaban J connectivity index is 0.000000173. The number of nitrogens with one attached hydrogen (secondary N) is 2. The Bertz CT molecular complexity index is 848. The summed E-state index contributed by atoms with van der Waals surface area (Å²) >= 11 is 2.19. The fraction of sp³-hybridized carbons (Fsp3) is 0. The van der Waals surface area contributed by atoms with Gasteiger partial charge in [0.15, 0.2) is 0 Å². The molecule has 1 aromatic heterocycles. The van der Waals surface area contributed by atoms with Crippen LogP contribution in [0.1, 0.15) is 0 Å². The maximum atomic E-state index is 11.2. The molecule has 0 radical (unpaired) electrons. The number of nitrogen functional groups attached to an aromatic ring is 1. The van der Waals surface area contributed by atoms with Crippen molar-refractivity contribution in [1.29, 1.82) is 0 Å². The average Bonchev–Trinajstić information content (AvgIpc) is 2.47. The van der Waals surface area contributed by atoms with Gasteiger partial charge in [-0.2, -0.15) is 0 Å². The van der Waals surface area contributed by atoms with Crippen LogP contribution in [0.15, 0.2) is 52.1 Å². The molecule has 0 unspecified atom stereocenters. The van der Waals surface area contributed by atoms with Crippen molar-refractivity contribution in [2.75, 3.05) is 5.73 Å². The first-order valence-electron chi connectivity index (χ1n) is 5.92. The van der Waals surface area contributed by atoms with Crippen LogP contribution in [0.5, 0.6) is 5.75 Å². The summed E-state index contributed by atoms with van der Waals surface area (Å²) in [5.74, 6) is 0.324. The van der Waals surface area contributed by atoms with Crippen molar-refractivity contribution in [3.8, 4) is 5.75 Å². The van der Waals surface area contributed by atoms with Crippen molar-refractivity contribution >= 4 is 39.1 Å². The topological polar surface area (TPSA) is 112 Å². The van der Waals surface area contributed by atoms with Crippen LogP contribution in [0, 0.1) is 3.57 Å². The summed E-state index contributed by atoms with van der Waals surface area (Å²) in [6.07, 6.45) is 0. The van der Waals surface area contributed by atoms with E-state index in [1.54, 1.807) is 30.3 Å². The summed E-state index contributed by atoms with van der Waals surface area (Å²) in [6, 6.07) is 11.8. The maximum absolute atomic E-state index is 11.2. The lowest BCUT2D eigenvalue weighted by molar-refractivity contribution is 0.475. The zero-order valence-electron chi connectivity index (χ0n) is 10.8. The molecule has 0 fully saturated rings. The van der Waals surface area contributed by atoms with E-state index in [1.165, 1.54) is 0 Å². The summed E-state index contributed by atoms with van der Waals surface area (Å²) in [5.41, 5.74) is 5.14. The molecule has 21 heavy (non-hydrogen) atoms. The Kier molecular flexibility index (Phi) is 4.63. The second-order valence-corrected chi connectivity index (χ2v) is 5.40. The third-order valence-electron chi connectivity index (χ3n) is 2.68. The van der Waals surface area contributed by atoms with Crippen LogP contribution in [0.2, 0.25) is 0 Å². The Morgan fingerprint density at radius 2 is 1.57 bits per heavy atom. The summed E-state index contributed by atoms with van der Waals surface area (Å²) in [6.45, 7) is 0. The number of hydrogen-bond acceptors (Lipinski definition) is 4. The number of fused-ring (bicyclic) bond motifs is 1. The van der Waals surface area contributed by atoms with Crippen molar-refractivity contribution in [3.05, 3.63) is 66.7 Å². The molecule has 6 nitrogen and oxygen atoms in total. The van der Waals surface area contributed by atoms with E-state index in [0.29, 0.717) is 16.8 Å². The number of halogens is 1. The number of aromatic nitrogens is 2. The van der Waals surface area contributed by atoms with E-state index in [4.69, 9.17) is 10.8 Å². The number of rotatable bonds is 0. The first-order valence-corrected chi connectivity index (χ1v) is 7.00. The first kappa shape index (κ1) is 15.1. The zero-order chi connectivity index (χ0) is 15.4. The van der Waals surface area contributed by atoms with E-state index >= 15 is 0 Å². The number of nitrogens with two attached hydrogens (primary N) is 1. The Morgan fingerprint density at radius 3 is 2.14 bits per heavy atom. The lowest BCUT2D eigenvalue weighted by Crippen LogP contribution is -2.19. The molecule has 3 rings (SSSR count). The highest BCUT2D eigenvalue weighted by Crippen LogP contribution is 2.11. The maximum Gasteiger partial charge on any atom is 0.272 e. The Labute approximate surface area is 132 Å². The van der Waals surface area contributed by atoms with E-state index in [0.717, 1.165) is 3.57 Å². The highest BCUT2D eigenvalue weighted by molar-refractivity contribution is 14.1. The van der Waals surface area contributed by atoms with Gasteiger partial charge in [0.2, 0.25) is 0 Å². The Morgan fingerprint density at radius 1 is 0.952 bits per heavy atom. The van der Waals surface area contributed by atoms with E-state index in [-0.39, 0.29) is 16.5 Å². The molecule has 5 N–H and O–H groups in total. The van der Waals surface area contributed by atoms with Crippen molar-refractivity contribution in [2.45, 2.75) is 0 Å². The molecule has 1 heterocycles. The first-order chi connectivity index (χ1) is 9.99. The van der Waals surface area contributed by atoms with E-state index in [1.807, 2.05) is 12.1 Å². The average molecular weight is 397 g/mol. The third kappa shape index (κ3) is 3.63. The molecular weight excluding hydrogens is 385 g/mol. The fourth-order valence-electron chi connectivity index (χ4n) is 1.70. The van der Waals surface area contributed by atoms with Crippen LogP contribution in [0.3, 0.4) is 0 Å². The third-order valence-corrected chi connectivity index (χ3v) is 3.40. The molecule has 7 heteroatoms. The standard InChI is InChI=1S/C8H7N3O2.C6H5IO/c9-5-3-1-2-4-6(5)8(13)11-10-7(4)12;7-5-1-3-6(8)4-2-5/h1-3H,9H2,(H,10,12)(H,11,13);1-4,8H. The fourth-order valence-corrected chi connectivity index (χ4v) is 2.06. The molecule has 0 amide bonds. The lowest BCUT2D eigenvalue weighted by Gasteiger charge is -1.97. The minimum absolute atomic E-state index is 0.242. The smallest absolute Gasteiger partial charge is 0.272 e. The molecule has 0 saturated heterocycles. The SMILES string of the molecule is Nc1cccc2c(=O)[nH][nH]c(=O)c12.Oc1ccc(I)cc1. The van der Waals surface area contributed by atoms with Gasteiger partial charge >= 0.3 is 0 Å². The van der Waals surface area contributed by atoms with Gasteiger partial charge in [-0.15, -0.1) is 0 Å². The number of aromatic amines is 2. The number of phenolic OH excluding ortho intramolecular Hbond substituents is 1. The Hall–Kier alpha value is -2.29. The molecule has 0 atom stereocenters. The molecule has 2 aromatic carbocycles. The molecule has 3 aromatic rings. The highest BCUT2D eigenvalue weighted by Gasteiger charge is 2.04. The van der Waals surface area contributed by atoms with Gasteiger partial charge in [-0.1, -0.05) is 6.07 Å². The van der Waals surface area contributed by atoms with Gasteiger partial charge < -0.3 is 10.8 Å². The van der Waals surface area contributed by atoms with E-state index in [9.17, 15) is 9.59 Å². The zero-order valence-corrected chi connectivity index (χ0v) is 12.9. The quantitative estimate of drug-likeness (QED) is 0.342. The summed E-state index contributed by atoms with van der Waals surface area (Å²) in [4.78, 5) is 22.4. The van der Waals surface area contributed by atoms with Crippen LogP contribution in [0.4, 0.5) is 5.69 Å². The molecular formula is C14H12IN3O3. The van der Waals surface area contributed by atoms with Gasteiger partial charge in [-0.25, -0.2) is 0 Å². The van der Waals surface area contributed by atoms with Gasteiger partial charge in [-0.05, 0) is 59.0 Å². The number of benzene rings is 2. The van der Waals surface area contributed by atoms with Gasteiger partial charge in [0.05, 0.1) is 10.8 Å². The molecule has 0 aliphatic heterocycles. The van der Waals surface area contributed by atoms with Gasteiger partial charge in [0.25, 0.3) is 11.1 Å². The second-order valence-electron chi connectivity index (χ2n) is 4.15. The number of H-pyrrole nitrogens is 2. The van der Waals surface area contributed by atoms with Crippen LogP contribution < -0.4 is 16.9 Å². The predicted molar refractivity (Wildman–Crippen MR) is 90.4 cm³/mol. The van der Waals surface area contributed by atoms with Crippen molar-refractivity contribution in [3.63, 3.8) is 0 Å². The predicted octanol–water partition coefficient (Wildman–Crippen LogP) is 1.80. The molecule has 108 valence electrons. The number of aromatic hydroxyl groups is 1. The number of phenols is 1. The monoisotopic (exact) mass is 397 g/mol. The molecule has 0 spiro atoms. The van der Waals surface area contributed by atoms with Gasteiger partial charge in [0.1, 0.15) is 5.75 Å². The number of hydrogen-bond donors (Lipinski definition) is 4. The molecule has 0 aliphatic rings. The van der Waals surface area contributed by atoms with E-state index < -0.39 is 0 Å². The van der Waals surface area contributed by atoms with Crippen molar-refractivity contribution < 1.29 is 5.11 Å². The van der Waals surface area contributed by atoms with Gasteiger partial charge in [0, 0.05) is 9.26 Å². The highest BCUT2D eigenvalue weighted by atomic mass is 127. The van der Waals surface area contributed by atoms with E-state index in [2.05, 4.69) is 32.8 Å². The van der Waals surface area contributed by atoms with Crippen molar-refractivity contribution in [2.24, 2.45) is 0 Å². The minimum Gasteiger partial charge on any atom is -0.508 e. The summed E-state index contributed by atoms with van der Waals surface area (Å²) < 4.78 is 1.14. The minimum atomic E-state index is -0.382. The summed E-state index contributed by atoms with van der Waals surface area (Å²) in [7, 11) is 0. The van der Waals surface area contributed by atoms with Crippen LogP contribution >= 0.6 is 22.6 Å². The van der Waals surface area contributed by atoms with Crippen molar-refractivity contribution in [1.82, 2.24) is 10.2 Å². The lowest BCUT2D eigenvalue weighted by atomic mass is 10.2. The molecule has 0 saturated carbocycles. The normalized spacial score (nSPS) is 9.95. The number of anilines is 1. The van der Waals surface area contributed by atoms with Crippen LogP contribution in [-0.2, 0) is 0 Å². The van der Waals surface area contributed by atoms with Crippen LogP contribution in [-0.4, -0.2) is 15.3 Å². The van der Waals surface area contributed by atoms with Gasteiger partial charge in [-0.3, -0.25) is 19.8 Å². The second kappa shape index (κ2) is 6.44. The van der Waals surface area contributed by atoms with Crippen LogP contribution in [0.25, 0.3) is 10.8 Å². The largest absolute Gasteiger partial charge is 0.508 e. The summed E-state index contributed by atoms with van der Waals surface area (Å²) in [5, 5.41) is 13.7. The molecule has 0 aliphatic carbocycles. The molecule has 0 bridgehead atoms.